The Balaban J connectivity index is 1.64. The van der Waals surface area contributed by atoms with E-state index in [0.717, 1.165) is 5.56 Å². The zero-order chi connectivity index (χ0) is 36.5. The molecule has 0 aliphatic carbocycles. The van der Waals surface area contributed by atoms with Crippen LogP contribution in [-0.4, -0.2) is 112 Å². The molecule has 4 rings (SSSR count). The summed E-state index contributed by atoms with van der Waals surface area (Å²) in [7, 11) is 0. The number of nitrogens with zero attached hydrogens (tertiary/aromatic N) is 3. The number of carbonyl (C=O) groups excluding carboxylic acids is 6. The predicted octanol–water partition coefficient (Wildman–Crippen LogP) is -0.0542. The second kappa shape index (κ2) is 17.5. The van der Waals surface area contributed by atoms with E-state index in [4.69, 9.17) is 0 Å². The summed E-state index contributed by atoms with van der Waals surface area (Å²) in [5.74, 6) is -3.07. The molecule has 0 bridgehead atoms. The highest BCUT2D eigenvalue weighted by molar-refractivity contribution is 5.97. The maximum absolute atomic E-state index is 13.9. The smallest absolute Gasteiger partial charge is 0.248 e. The van der Waals surface area contributed by atoms with Crippen LogP contribution in [0.3, 0.4) is 0 Å². The van der Waals surface area contributed by atoms with Gasteiger partial charge in [0.25, 0.3) is 0 Å². The number of aliphatic hydroxyl groups excluding tert-OH is 1. The lowest BCUT2D eigenvalue weighted by molar-refractivity contribution is -0.144. The second-order valence-electron chi connectivity index (χ2n) is 13.6. The zero-order valence-corrected chi connectivity index (χ0v) is 29.1. The molecule has 16 nitrogen and oxygen atoms in total. The van der Waals surface area contributed by atoms with Gasteiger partial charge in [0.15, 0.2) is 0 Å². The average molecular weight is 699 g/mol. The summed E-state index contributed by atoms with van der Waals surface area (Å²) in [6.07, 6.45) is 0.0337. The van der Waals surface area contributed by atoms with Crippen LogP contribution in [-0.2, 0) is 35.2 Å². The highest BCUT2D eigenvalue weighted by atomic mass is 16.3. The molecule has 6 N–H and O–H groups in total. The van der Waals surface area contributed by atoms with E-state index in [0.29, 0.717) is 32.2 Å². The Morgan fingerprint density at radius 3 is 2.22 bits per heavy atom. The summed E-state index contributed by atoms with van der Waals surface area (Å²) >= 11 is 0. The molecule has 3 fully saturated rings. The number of rotatable bonds is 6. The van der Waals surface area contributed by atoms with Crippen molar-refractivity contribution in [2.45, 2.75) is 115 Å². The van der Waals surface area contributed by atoms with Gasteiger partial charge >= 0.3 is 0 Å². The Bertz CT molecular complexity index is 1420. The van der Waals surface area contributed by atoms with Crippen molar-refractivity contribution >= 4 is 41.1 Å². The first-order valence-corrected chi connectivity index (χ1v) is 17.5. The lowest BCUT2D eigenvalue weighted by atomic mass is 10.0. The summed E-state index contributed by atoms with van der Waals surface area (Å²) in [6.45, 7) is 7.46. The number of carbonyl (C=O) groups is 6. The van der Waals surface area contributed by atoms with Gasteiger partial charge in [-0.05, 0) is 81.2 Å². The molecule has 0 spiro atoms. The summed E-state index contributed by atoms with van der Waals surface area (Å²) < 4.78 is 0. The molecule has 274 valence electrons. The average Bonchev–Trinajstić information content (AvgIpc) is 3.74. The first-order valence-electron chi connectivity index (χ1n) is 17.5. The number of fused-ring (bicyclic) bond motifs is 2. The first-order chi connectivity index (χ1) is 23.8. The Morgan fingerprint density at radius 1 is 0.880 bits per heavy atom. The third kappa shape index (κ3) is 9.62. The molecule has 3 saturated heterocycles. The Labute approximate surface area is 291 Å². The third-order valence-corrected chi connectivity index (χ3v) is 9.58. The van der Waals surface area contributed by atoms with Crippen LogP contribution >= 0.6 is 0 Å². The van der Waals surface area contributed by atoms with Crippen molar-refractivity contribution in [1.29, 1.82) is 0 Å². The van der Waals surface area contributed by atoms with Gasteiger partial charge in [-0.25, -0.2) is 0 Å². The van der Waals surface area contributed by atoms with Crippen molar-refractivity contribution in [3.63, 3.8) is 0 Å². The normalized spacial score (nSPS) is 29.9. The van der Waals surface area contributed by atoms with Crippen LogP contribution in [0.2, 0.25) is 0 Å². The number of aryl methyl sites for hydroxylation is 1. The topological polar surface area (TPSA) is 219 Å². The van der Waals surface area contributed by atoms with E-state index in [1.165, 1.54) is 16.7 Å². The lowest BCUT2D eigenvalue weighted by Crippen LogP contribution is -2.59. The molecule has 0 radical (unpaired) electrons. The minimum Gasteiger partial charge on any atom is -0.391 e. The molecule has 0 saturated carbocycles. The molecule has 8 atom stereocenters. The number of benzene rings is 1. The highest BCUT2D eigenvalue weighted by Gasteiger charge is 2.42. The summed E-state index contributed by atoms with van der Waals surface area (Å²) in [6, 6.07) is 1.35. The van der Waals surface area contributed by atoms with Crippen LogP contribution in [0.15, 0.2) is 29.4 Å². The van der Waals surface area contributed by atoms with Gasteiger partial charge in [0.2, 0.25) is 35.4 Å². The van der Waals surface area contributed by atoms with Crippen LogP contribution in [0.5, 0.6) is 0 Å². The Kier molecular flexibility index (Phi) is 13.4. The molecule has 7 unspecified atom stereocenters. The predicted molar refractivity (Wildman–Crippen MR) is 182 cm³/mol. The van der Waals surface area contributed by atoms with E-state index in [1.54, 1.807) is 38.1 Å². The Hall–Kier alpha value is -4.44. The molecular formula is C34H50N8O8. The minimum absolute atomic E-state index is 0.0344. The van der Waals surface area contributed by atoms with E-state index in [-0.39, 0.29) is 49.9 Å². The van der Waals surface area contributed by atoms with Gasteiger partial charge in [-0.1, -0.05) is 26.0 Å². The largest absolute Gasteiger partial charge is 0.391 e. The molecular weight excluding hydrogens is 648 g/mol. The number of hydrogen-bond donors (Lipinski definition) is 6. The van der Waals surface area contributed by atoms with Crippen molar-refractivity contribution in [2.75, 3.05) is 19.6 Å². The van der Waals surface area contributed by atoms with Gasteiger partial charge in [-0.3, -0.25) is 34.1 Å². The van der Waals surface area contributed by atoms with Crippen LogP contribution in [0.25, 0.3) is 0 Å². The van der Waals surface area contributed by atoms with Gasteiger partial charge in [-0.15, -0.1) is 4.91 Å². The highest BCUT2D eigenvalue weighted by Crippen LogP contribution is 2.25. The molecule has 3 aliphatic heterocycles. The maximum atomic E-state index is 13.9. The first kappa shape index (κ1) is 38.4. The van der Waals surface area contributed by atoms with E-state index >= 15 is 0 Å². The fraction of sp³-hybridized carbons (Fsp3) is 0.647. The molecule has 16 heteroatoms. The summed E-state index contributed by atoms with van der Waals surface area (Å²) in [5, 5.41) is 27.5. The monoisotopic (exact) mass is 698 g/mol. The maximum Gasteiger partial charge on any atom is 0.248 e. The van der Waals surface area contributed by atoms with Crippen LogP contribution < -0.4 is 26.6 Å². The molecule has 1 aromatic carbocycles. The summed E-state index contributed by atoms with van der Waals surface area (Å²) in [5.41, 5.74) is 1.02. The van der Waals surface area contributed by atoms with Gasteiger partial charge in [0.05, 0.1) is 12.3 Å². The lowest BCUT2D eigenvalue weighted by Gasteiger charge is -2.31. The molecule has 3 aliphatic rings. The van der Waals surface area contributed by atoms with Gasteiger partial charge in [-0.2, -0.15) is 0 Å². The van der Waals surface area contributed by atoms with Crippen molar-refractivity contribution in [1.82, 2.24) is 36.4 Å². The summed E-state index contributed by atoms with van der Waals surface area (Å²) in [4.78, 5) is 95.2. The second-order valence-corrected chi connectivity index (χ2v) is 13.6. The number of hydrogen-bond acceptors (Lipinski definition) is 10. The molecule has 50 heavy (non-hydrogen) atoms. The standard InChI is InChI=1S/C34H50N8O8/c1-5-24-33(48)42-18-19(2)17-27(42)32(47)36-21(4)35-15-14-28(44)39-29(20(3)43)34(49)41-16-6-7-26(41)31(46)38-25(30(45)37-24)13-10-22-8-11-23(40-50)12-9-22/h8-9,11-12,19-21,24-27,29,35,43H,5-7,10,13-18H2,1-4H3,(H,36,47)(H,37,45)(H,38,46)(H,39,44)/t19-,20?,21?,24?,25?,26?,27?,29?/m1/s1. The van der Waals surface area contributed by atoms with Crippen molar-refractivity contribution in [3.05, 3.63) is 34.7 Å². The van der Waals surface area contributed by atoms with Crippen LogP contribution in [0, 0.1) is 10.8 Å². The zero-order valence-electron chi connectivity index (χ0n) is 29.1. The fourth-order valence-electron chi connectivity index (χ4n) is 6.80. The fourth-order valence-corrected chi connectivity index (χ4v) is 6.80. The van der Waals surface area contributed by atoms with Gasteiger partial charge in [0.1, 0.15) is 35.9 Å². The number of aliphatic hydroxyl groups is 1. The minimum atomic E-state index is -1.31. The molecule has 1 aromatic rings. The number of nitrogens with one attached hydrogen (secondary N) is 5. The van der Waals surface area contributed by atoms with Gasteiger partial charge in [0, 0.05) is 26.1 Å². The Morgan fingerprint density at radius 2 is 1.56 bits per heavy atom. The van der Waals surface area contributed by atoms with E-state index in [9.17, 15) is 38.8 Å². The van der Waals surface area contributed by atoms with E-state index in [1.807, 2.05) is 6.92 Å². The quantitative estimate of drug-likeness (QED) is 0.219. The molecule has 6 amide bonds. The van der Waals surface area contributed by atoms with Crippen molar-refractivity contribution in [2.24, 2.45) is 11.1 Å². The van der Waals surface area contributed by atoms with Crippen molar-refractivity contribution in [3.8, 4) is 0 Å². The van der Waals surface area contributed by atoms with E-state index < -0.39 is 72.0 Å². The molecule has 0 aromatic heterocycles. The van der Waals surface area contributed by atoms with Crippen LogP contribution in [0.4, 0.5) is 5.69 Å². The molecule has 3 heterocycles. The van der Waals surface area contributed by atoms with Crippen LogP contribution in [0.1, 0.15) is 71.8 Å². The number of amides is 6. The SMILES string of the molecule is CCC1NC(=O)C(CCc2ccc(N=O)cc2)NC(=O)C2CCCN2C(=O)C(C(C)O)NC(=O)CCNC(C)NC(=O)C2C[C@@H](C)CN2C1=O. The van der Waals surface area contributed by atoms with Gasteiger partial charge < -0.3 is 36.2 Å². The third-order valence-electron chi connectivity index (χ3n) is 9.58. The van der Waals surface area contributed by atoms with E-state index in [2.05, 4.69) is 31.8 Å². The van der Waals surface area contributed by atoms with Crippen molar-refractivity contribution < 1.29 is 33.9 Å². The number of nitroso groups, excluding NO2 is 1.